The number of anilines is 1. The van der Waals surface area contributed by atoms with Crippen molar-refractivity contribution in [2.75, 3.05) is 5.32 Å². The minimum Gasteiger partial charge on any atom is -0.325 e. The van der Waals surface area contributed by atoms with Gasteiger partial charge in [0.1, 0.15) is 0 Å². The van der Waals surface area contributed by atoms with Crippen LogP contribution >= 0.6 is 23.2 Å². The first-order valence-corrected chi connectivity index (χ1v) is 8.14. The van der Waals surface area contributed by atoms with Crippen molar-refractivity contribution in [3.05, 3.63) is 74.5 Å². The number of halogens is 2. The van der Waals surface area contributed by atoms with E-state index in [0.29, 0.717) is 27.7 Å². The molecule has 0 radical (unpaired) electrons. The highest BCUT2D eigenvalue weighted by Crippen LogP contribution is 2.25. The first-order valence-electron chi connectivity index (χ1n) is 7.39. The Bertz CT molecular complexity index is 967. The summed E-state index contributed by atoms with van der Waals surface area (Å²) in [6.45, 7) is 0. The number of carbonyl (C=O) groups excluding carboxylic acids is 1. The number of carbonyl (C=O) groups is 1. The first kappa shape index (κ1) is 16.6. The number of aryl methyl sites for hydroxylation is 1. The molecular formula is C18H14Cl2N2O2. The smallest absolute Gasteiger partial charge is 0.251 e. The van der Waals surface area contributed by atoms with Crippen LogP contribution < -0.4 is 10.9 Å². The molecule has 1 amide bonds. The molecule has 2 aromatic carbocycles. The van der Waals surface area contributed by atoms with Gasteiger partial charge in [-0.05, 0) is 42.1 Å². The standard InChI is InChI=1S/C18H14Cl2N2O2/c19-13-6-7-14(20)16(10-13)21-17(23)8-5-12-9-11-3-1-2-4-15(11)22-18(12)24/h1-4,6-7,9-10H,5,8H2,(H,21,23)(H,22,24). The molecule has 0 aliphatic carbocycles. The summed E-state index contributed by atoms with van der Waals surface area (Å²) in [6, 6.07) is 14.2. The number of aromatic nitrogens is 1. The molecule has 4 nitrogen and oxygen atoms in total. The van der Waals surface area contributed by atoms with Crippen molar-refractivity contribution in [1.29, 1.82) is 0 Å². The van der Waals surface area contributed by atoms with Crippen LogP contribution in [0.25, 0.3) is 10.9 Å². The number of nitrogens with one attached hydrogen (secondary N) is 2. The number of hydrogen-bond acceptors (Lipinski definition) is 2. The second-order valence-corrected chi connectivity index (χ2v) is 6.23. The zero-order valence-corrected chi connectivity index (χ0v) is 14.1. The average Bonchev–Trinajstić information content (AvgIpc) is 2.56. The summed E-state index contributed by atoms with van der Waals surface area (Å²) < 4.78 is 0. The second kappa shape index (κ2) is 7.07. The maximum absolute atomic E-state index is 12.1. The van der Waals surface area contributed by atoms with E-state index in [0.717, 1.165) is 10.9 Å². The van der Waals surface area contributed by atoms with Gasteiger partial charge in [-0.1, -0.05) is 41.4 Å². The summed E-state index contributed by atoms with van der Waals surface area (Å²) in [7, 11) is 0. The van der Waals surface area contributed by atoms with Gasteiger partial charge in [0.25, 0.3) is 5.56 Å². The Kier molecular flexibility index (Phi) is 4.88. The number of amides is 1. The molecule has 24 heavy (non-hydrogen) atoms. The fourth-order valence-electron chi connectivity index (χ4n) is 2.43. The van der Waals surface area contributed by atoms with E-state index in [-0.39, 0.29) is 17.9 Å². The molecule has 0 aliphatic rings. The molecule has 0 aliphatic heterocycles. The van der Waals surface area contributed by atoms with E-state index in [2.05, 4.69) is 10.3 Å². The normalized spacial score (nSPS) is 10.8. The summed E-state index contributed by atoms with van der Waals surface area (Å²) in [5.41, 5.74) is 1.63. The quantitative estimate of drug-likeness (QED) is 0.723. The highest BCUT2D eigenvalue weighted by molar-refractivity contribution is 6.35. The van der Waals surface area contributed by atoms with Crippen LogP contribution in [0.5, 0.6) is 0 Å². The van der Waals surface area contributed by atoms with Crippen LogP contribution in [0.15, 0.2) is 53.3 Å². The Hall–Kier alpha value is -2.30. The third-order valence-electron chi connectivity index (χ3n) is 3.65. The van der Waals surface area contributed by atoms with E-state index in [4.69, 9.17) is 23.2 Å². The van der Waals surface area contributed by atoms with Crippen molar-refractivity contribution in [2.24, 2.45) is 0 Å². The number of H-pyrrole nitrogens is 1. The maximum atomic E-state index is 12.1. The van der Waals surface area contributed by atoms with Gasteiger partial charge in [0.2, 0.25) is 5.91 Å². The van der Waals surface area contributed by atoms with Crippen molar-refractivity contribution in [3.63, 3.8) is 0 Å². The molecule has 0 saturated carbocycles. The summed E-state index contributed by atoms with van der Waals surface area (Å²) in [5.74, 6) is -0.230. The molecule has 0 spiro atoms. The van der Waals surface area contributed by atoms with Crippen molar-refractivity contribution in [1.82, 2.24) is 4.98 Å². The molecule has 0 saturated heterocycles. The van der Waals surface area contributed by atoms with Crippen LogP contribution in [0.1, 0.15) is 12.0 Å². The minimum atomic E-state index is -0.230. The highest BCUT2D eigenvalue weighted by Gasteiger charge is 2.09. The molecule has 122 valence electrons. The maximum Gasteiger partial charge on any atom is 0.251 e. The predicted molar refractivity (Wildman–Crippen MR) is 98.0 cm³/mol. The number of fused-ring (bicyclic) bond motifs is 1. The average molecular weight is 361 g/mol. The van der Waals surface area contributed by atoms with E-state index < -0.39 is 0 Å². The van der Waals surface area contributed by atoms with Gasteiger partial charge in [-0.25, -0.2) is 0 Å². The summed E-state index contributed by atoms with van der Waals surface area (Å²) >= 11 is 11.9. The van der Waals surface area contributed by atoms with Gasteiger partial charge >= 0.3 is 0 Å². The number of hydrogen-bond donors (Lipinski definition) is 2. The van der Waals surface area contributed by atoms with Crippen molar-refractivity contribution in [2.45, 2.75) is 12.8 Å². The number of aromatic amines is 1. The number of pyridine rings is 1. The highest BCUT2D eigenvalue weighted by atomic mass is 35.5. The molecule has 0 atom stereocenters. The lowest BCUT2D eigenvalue weighted by atomic mass is 10.1. The number of para-hydroxylation sites is 1. The molecule has 0 unspecified atom stereocenters. The van der Waals surface area contributed by atoms with E-state index in [1.165, 1.54) is 0 Å². The molecular weight excluding hydrogens is 347 g/mol. The monoisotopic (exact) mass is 360 g/mol. The van der Waals surface area contributed by atoms with Gasteiger partial charge in [-0.2, -0.15) is 0 Å². The number of rotatable bonds is 4. The van der Waals surface area contributed by atoms with Crippen molar-refractivity contribution >= 4 is 45.7 Å². The SMILES string of the molecule is O=C(CCc1cc2ccccc2[nH]c1=O)Nc1cc(Cl)ccc1Cl. The predicted octanol–water partition coefficient (Wildman–Crippen LogP) is 4.41. The van der Waals surface area contributed by atoms with Crippen LogP contribution in [0.2, 0.25) is 10.0 Å². The van der Waals surface area contributed by atoms with Gasteiger partial charge < -0.3 is 10.3 Å². The Morgan fingerprint density at radius 1 is 1.08 bits per heavy atom. The van der Waals surface area contributed by atoms with Gasteiger partial charge in [0, 0.05) is 22.5 Å². The zero-order valence-electron chi connectivity index (χ0n) is 12.6. The molecule has 2 N–H and O–H groups in total. The van der Waals surface area contributed by atoms with E-state index in [9.17, 15) is 9.59 Å². The summed E-state index contributed by atoms with van der Waals surface area (Å²) in [6.07, 6.45) is 0.508. The third-order valence-corrected chi connectivity index (χ3v) is 4.22. The Morgan fingerprint density at radius 2 is 1.88 bits per heavy atom. The van der Waals surface area contributed by atoms with Crippen molar-refractivity contribution < 1.29 is 4.79 Å². The molecule has 0 fully saturated rings. The molecule has 1 heterocycles. The van der Waals surface area contributed by atoms with Gasteiger partial charge in [0.05, 0.1) is 10.7 Å². The van der Waals surface area contributed by atoms with E-state index in [1.54, 1.807) is 18.2 Å². The topological polar surface area (TPSA) is 62.0 Å². The molecule has 6 heteroatoms. The summed E-state index contributed by atoms with van der Waals surface area (Å²) in [4.78, 5) is 27.0. The van der Waals surface area contributed by atoms with Crippen LogP contribution in [0.3, 0.4) is 0 Å². The second-order valence-electron chi connectivity index (χ2n) is 5.38. The lowest BCUT2D eigenvalue weighted by Gasteiger charge is -2.08. The van der Waals surface area contributed by atoms with E-state index >= 15 is 0 Å². The molecule has 3 rings (SSSR count). The van der Waals surface area contributed by atoms with E-state index in [1.807, 2.05) is 30.3 Å². The lowest BCUT2D eigenvalue weighted by molar-refractivity contribution is -0.116. The van der Waals surface area contributed by atoms with Crippen LogP contribution in [-0.2, 0) is 11.2 Å². The van der Waals surface area contributed by atoms with Gasteiger partial charge in [0.15, 0.2) is 0 Å². The fourth-order valence-corrected chi connectivity index (χ4v) is 2.77. The molecule has 0 bridgehead atoms. The lowest BCUT2D eigenvalue weighted by Crippen LogP contribution is -2.17. The number of benzene rings is 2. The molecule has 1 aromatic heterocycles. The van der Waals surface area contributed by atoms with Gasteiger partial charge in [-0.3, -0.25) is 9.59 Å². The van der Waals surface area contributed by atoms with Crippen molar-refractivity contribution in [3.8, 4) is 0 Å². The minimum absolute atomic E-state index is 0.171. The van der Waals surface area contributed by atoms with Crippen LogP contribution in [0, 0.1) is 0 Å². The zero-order chi connectivity index (χ0) is 17.1. The van der Waals surface area contributed by atoms with Gasteiger partial charge in [-0.15, -0.1) is 0 Å². The third kappa shape index (κ3) is 3.78. The Labute approximate surface area is 148 Å². The first-order chi connectivity index (χ1) is 11.5. The van der Waals surface area contributed by atoms with Crippen LogP contribution in [-0.4, -0.2) is 10.9 Å². The Balaban J connectivity index is 1.71. The fraction of sp³-hybridized carbons (Fsp3) is 0.111. The Morgan fingerprint density at radius 3 is 2.71 bits per heavy atom. The summed E-state index contributed by atoms with van der Waals surface area (Å²) in [5, 5.41) is 4.55. The molecule has 3 aromatic rings. The van der Waals surface area contributed by atoms with Crippen LogP contribution in [0.4, 0.5) is 5.69 Å². The largest absolute Gasteiger partial charge is 0.325 e.